The molecule has 0 fully saturated rings. The van der Waals surface area contributed by atoms with E-state index in [0.717, 1.165) is 4.31 Å². The predicted octanol–water partition coefficient (Wildman–Crippen LogP) is 5.38. The Kier molecular flexibility index (Phi) is 10.2. The quantitative estimate of drug-likeness (QED) is 0.332. The third-order valence-corrected chi connectivity index (χ3v) is 8.09. The molecule has 0 aliphatic heterocycles. The molecule has 1 atom stereocenters. The zero-order valence-electron chi connectivity index (χ0n) is 21.5. The lowest BCUT2D eigenvalue weighted by Gasteiger charge is -2.32. The van der Waals surface area contributed by atoms with Crippen molar-refractivity contribution in [2.45, 2.75) is 38.3 Å². The van der Waals surface area contributed by atoms with Crippen LogP contribution in [0.5, 0.6) is 0 Å². The monoisotopic (exact) mass is 575 g/mol. The van der Waals surface area contributed by atoms with Crippen molar-refractivity contribution < 1.29 is 18.0 Å². The van der Waals surface area contributed by atoms with E-state index >= 15 is 0 Å². The van der Waals surface area contributed by atoms with Crippen molar-refractivity contribution in [3.8, 4) is 0 Å². The van der Waals surface area contributed by atoms with E-state index in [0.29, 0.717) is 22.2 Å². The Hall–Kier alpha value is -3.07. The molecular weight excluding hydrogens is 545 g/mol. The van der Waals surface area contributed by atoms with Crippen molar-refractivity contribution in [3.05, 3.63) is 94.5 Å². The minimum Gasteiger partial charge on any atom is -0.354 e. The first-order valence-corrected chi connectivity index (χ1v) is 14.3. The average Bonchev–Trinajstić information content (AvgIpc) is 2.89. The molecule has 3 aromatic rings. The minimum absolute atomic E-state index is 0.0341. The van der Waals surface area contributed by atoms with E-state index in [1.165, 1.54) is 29.2 Å². The van der Waals surface area contributed by atoms with Gasteiger partial charge in [0.05, 0.1) is 10.6 Å². The summed E-state index contributed by atoms with van der Waals surface area (Å²) in [5.74, 6) is -0.663. The number of carbonyl (C=O) groups is 2. The number of sulfonamides is 1. The highest BCUT2D eigenvalue weighted by Crippen LogP contribution is 2.26. The van der Waals surface area contributed by atoms with Gasteiger partial charge in [-0.3, -0.25) is 13.9 Å². The Morgan fingerprint density at radius 2 is 1.53 bits per heavy atom. The summed E-state index contributed by atoms with van der Waals surface area (Å²) in [6, 6.07) is 20.2. The summed E-state index contributed by atoms with van der Waals surface area (Å²) in [7, 11) is -4.12. The van der Waals surface area contributed by atoms with Crippen LogP contribution in [0.4, 0.5) is 5.69 Å². The number of rotatable bonds is 11. The van der Waals surface area contributed by atoms with Crippen LogP contribution in [-0.4, -0.2) is 44.3 Å². The fourth-order valence-corrected chi connectivity index (χ4v) is 5.50. The Bertz CT molecular complexity index is 1350. The smallest absolute Gasteiger partial charge is 0.264 e. The standard InChI is InChI=1S/C28H31Cl2N3O4S/c1-20(2)17-31-28(35)21(3)32(18-22-8-7-9-24(30)16-22)27(34)19-33(25-14-12-23(29)13-15-25)38(36,37)26-10-5-4-6-11-26/h4-16,20-21H,17-19H2,1-3H3,(H,31,35)/t21-/m1/s1. The summed E-state index contributed by atoms with van der Waals surface area (Å²) in [5, 5.41) is 3.77. The van der Waals surface area contributed by atoms with E-state index in [2.05, 4.69) is 5.32 Å². The van der Waals surface area contributed by atoms with Crippen LogP contribution in [0.2, 0.25) is 10.0 Å². The molecule has 0 bridgehead atoms. The molecule has 10 heteroatoms. The zero-order valence-corrected chi connectivity index (χ0v) is 23.8. The summed E-state index contributed by atoms with van der Waals surface area (Å²) in [4.78, 5) is 28.2. The molecule has 1 N–H and O–H groups in total. The maximum Gasteiger partial charge on any atom is 0.264 e. The lowest BCUT2D eigenvalue weighted by Crippen LogP contribution is -2.51. The van der Waals surface area contributed by atoms with E-state index in [1.54, 1.807) is 61.5 Å². The Labute approximate surface area is 234 Å². The van der Waals surface area contributed by atoms with Gasteiger partial charge in [-0.2, -0.15) is 0 Å². The number of hydrogen-bond acceptors (Lipinski definition) is 4. The fourth-order valence-electron chi connectivity index (χ4n) is 3.72. The maximum atomic E-state index is 13.8. The van der Waals surface area contributed by atoms with Gasteiger partial charge in [0.25, 0.3) is 10.0 Å². The first kappa shape index (κ1) is 29.5. The molecule has 0 heterocycles. The first-order chi connectivity index (χ1) is 18.0. The lowest BCUT2D eigenvalue weighted by molar-refractivity contribution is -0.139. The molecule has 3 aromatic carbocycles. The van der Waals surface area contributed by atoms with Crippen molar-refractivity contribution in [1.82, 2.24) is 10.2 Å². The van der Waals surface area contributed by atoms with Gasteiger partial charge < -0.3 is 10.2 Å². The van der Waals surface area contributed by atoms with Crippen molar-refractivity contribution in [2.75, 3.05) is 17.4 Å². The summed E-state index contributed by atoms with van der Waals surface area (Å²) < 4.78 is 28.4. The van der Waals surface area contributed by atoms with Crippen LogP contribution in [-0.2, 0) is 26.2 Å². The largest absolute Gasteiger partial charge is 0.354 e. The molecule has 7 nitrogen and oxygen atoms in total. The number of carbonyl (C=O) groups excluding carboxylic acids is 2. The molecule has 38 heavy (non-hydrogen) atoms. The van der Waals surface area contributed by atoms with Crippen LogP contribution in [0, 0.1) is 5.92 Å². The molecule has 0 aliphatic carbocycles. The van der Waals surface area contributed by atoms with Crippen LogP contribution < -0.4 is 9.62 Å². The topological polar surface area (TPSA) is 86.8 Å². The molecule has 0 spiro atoms. The van der Waals surface area contributed by atoms with Gasteiger partial charge in [-0.05, 0) is 66.9 Å². The summed E-state index contributed by atoms with van der Waals surface area (Å²) in [5.41, 5.74) is 0.976. The normalized spacial score (nSPS) is 12.2. The molecule has 0 unspecified atom stereocenters. The third-order valence-electron chi connectivity index (χ3n) is 5.82. The summed E-state index contributed by atoms with van der Waals surface area (Å²) in [6.45, 7) is 5.55. The van der Waals surface area contributed by atoms with Gasteiger partial charge in [0.15, 0.2) is 0 Å². The van der Waals surface area contributed by atoms with Gasteiger partial charge in [0, 0.05) is 23.1 Å². The Morgan fingerprint density at radius 1 is 0.868 bits per heavy atom. The van der Waals surface area contributed by atoms with Crippen molar-refractivity contribution in [2.24, 2.45) is 5.92 Å². The van der Waals surface area contributed by atoms with Gasteiger partial charge in [-0.15, -0.1) is 0 Å². The second-order valence-electron chi connectivity index (χ2n) is 9.27. The highest BCUT2D eigenvalue weighted by molar-refractivity contribution is 7.92. The second-order valence-corrected chi connectivity index (χ2v) is 12.0. The zero-order chi connectivity index (χ0) is 27.9. The number of amides is 2. The number of hydrogen-bond donors (Lipinski definition) is 1. The van der Waals surface area contributed by atoms with Crippen LogP contribution in [0.1, 0.15) is 26.3 Å². The first-order valence-electron chi connectivity index (χ1n) is 12.1. The van der Waals surface area contributed by atoms with Crippen molar-refractivity contribution in [1.29, 1.82) is 0 Å². The van der Waals surface area contributed by atoms with Gasteiger partial charge in [-0.1, -0.05) is 67.4 Å². The molecule has 3 rings (SSSR count). The van der Waals surface area contributed by atoms with Crippen LogP contribution in [0.3, 0.4) is 0 Å². The van der Waals surface area contributed by atoms with Crippen molar-refractivity contribution in [3.63, 3.8) is 0 Å². The molecule has 0 aromatic heterocycles. The van der Waals surface area contributed by atoms with E-state index < -0.39 is 28.5 Å². The molecule has 0 saturated heterocycles. The van der Waals surface area contributed by atoms with Gasteiger partial charge in [0.2, 0.25) is 11.8 Å². The highest BCUT2D eigenvalue weighted by Gasteiger charge is 2.32. The Morgan fingerprint density at radius 3 is 2.13 bits per heavy atom. The van der Waals surface area contributed by atoms with E-state index in [4.69, 9.17) is 23.2 Å². The number of anilines is 1. The van der Waals surface area contributed by atoms with Crippen LogP contribution in [0.15, 0.2) is 83.8 Å². The predicted molar refractivity (Wildman–Crippen MR) is 152 cm³/mol. The SMILES string of the molecule is CC(C)CNC(=O)[C@@H](C)N(Cc1cccc(Cl)c1)C(=O)CN(c1ccc(Cl)cc1)S(=O)(=O)c1ccccc1. The highest BCUT2D eigenvalue weighted by atomic mass is 35.5. The molecular formula is C28H31Cl2N3O4S. The maximum absolute atomic E-state index is 13.8. The van der Waals surface area contributed by atoms with Gasteiger partial charge in [0.1, 0.15) is 12.6 Å². The second kappa shape index (κ2) is 13.1. The van der Waals surface area contributed by atoms with Gasteiger partial charge in [-0.25, -0.2) is 8.42 Å². The number of benzene rings is 3. The fraction of sp³-hybridized carbons (Fsp3) is 0.286. The van der Waals surface area contributed by atoms with E-state index in [1.807, 2.05) is 13.8 Å². The molecule has 0 saturated carbocycles. The summed E-state index contributed by atoms with van der Waals surface area (Å²) in [6.07, 6.45) is 0. The average molecular weight is 577 g/mol. The number of halogens is 2. The lowest BCUT2D eigenvalue weighted by atomic mass is 10.1. The minimum atomic E-state index is -4.12. The molecule has 2 amide bonds. The molecule has 0 aliphatic rings. The van der Waals surface area contributed by atoms with E-state index in [9.17, 15) is 18.0 Å². The van der Waals surface area contributed by atoms with Crippen LogP contribution >= 0.6 is 23.2 Å². The van der Waals surface area contributed by atoms with Crippen molar-refractivity contribution >= 4 is 50.7 Å². The van der Waals surface area contributed by atoms with Crippen LogP contribution in [0.25, 0.3) is 0 Å². The molecule has 0 radical (unpaired) electrons. The third kappa shape index (κ3) is 7.72. The molecule has 202 valence electrons. The summed E-state index contributed by atoms with van der Waals surface area (Å²) >= 11 is 12.2. The van der Waals surface area contributed by atoms with Gasteiger partial charge >= 0.3 is 0 Å². The van der Waals surface area contributed by atoms with E-state index in [-0.39, 0.29) is 29.0 Å². The number of nitrogens with zero attached hydrogens (tertiary/aromatic N) is 2. The Balaban J connectivity index is 1.99. The number of nitrogens with one attached hydrogen (secondary N) is 1.